The molecule has 6 nitrogen and oxygen atoms in total. The Bertz CT molecular complexity index is 898. The molecule has 3 aromatic heterocycles. The first-order valence-corrected chi connectivity index (χ1v) is 9.84. The van der Waals surface area contributed by atoms with Gasteiger partial charge in [-0.3, -0.25) is 4.57 Å². The monoisotopic (exact) mass is 374 g/mol. The van der Waals surface area contributed by atoms with Crippen LogP contribution in [0.4, 0.5) is 4.79 Å². The van der Waals surface area contributed by atoms with Gasteiger partial charge >= 0.3 is 6.09 Å². The molecule has 4 rings (SSSR count). The highest BCUT2D eigenvalue weighted by Gasteiger charge is 2.22. The van der Waals surface area contributed by atoms with Crippen molar-refractivity contribution in [3.05, 3.63) is 39.4 Å². The minimum absolute atomic E-state index is 0.219. The average Bonchev–Trinajstić information content (AvgIpc) is 3.34. The smallest absolute Gasteiger partial charge is 0.409 e. The number of cyclic esters (lactones) is 1. The molecule has 1 fully saturated rings. The minimum atomic E-state index is -0.219. The van der Waals surface area contributed by atoms with E-state index in [-0.39, 0.29) is 6.09 Å². The molecule has 0 bridgehead atoms. The van der Waals surface area contributed by atoms with Crippen LogP contribution in [0.3, 0.4) is 0 Å². The van der Waals surface area contributed by atoms with E-state index in [1.807, 2.05) is 11.6 Å². The Kier molecular flexibility index (Phi) is 4.30. The minimum Gasteiger partial charge on any atom is -0.448 e. The fourth-order valence-corrected chi connectivity index (χ4v) is 4.59. The molecular weight excluding hydrogens is 356 g/mol. The Morgan fingerprint density at radius 1 is 1.32 bits per heavy atom. The number of amides is 1. The number of aromatic nitrogens is 3. The van der Waals surface area contributed by atoms with Gasteiger partial charge in [0.15, 0.2) is 5.13 Å². The zero-order valence-corrected chi connectivity index (χ0v) is 15.7. The van der Waals surface area contributed by atoms with Crippen molar-refractivity contribution in [2.45, 2.75) is 20.3 Å². The zero-order chi connectivity index (χ0) is 17.4. The summed E-state index contributed by atoms with van der Waals surface area (Å²) < 4.78 is 7.12. The van der Waals surface area contributed by atoms with E-state index in [2.05, 4.69) is 34.8 Å². The van der Waals surface area contributed by atoms with Gasteiger partial charge in [0.1, 0.15) is 6.61 Å². The molecule has 0 aromatic carbocycles. The molecule has 4 heterocycles. The second-order valence-corrected chi connectivity index (χ2v) is 7.73. The normalized spacial score (nSPS) is 14.3. The molecule has 130 valence electrons. The van der Waals surface area contributed by atoms with E-state index in [0.717, 1.165) is 39.2 Å². The van der Waals surface area contributed by atoms with Crippen LogP contribution in [0.15, 0.2) is 23.0 Å². The number of carbonyl (C=O) groups excluding carboxylic acids is 1. The van der Waals surface area contributed by atoms with Crippen molar-refractivity contribution in [1.82, 2.24) is 19.4 Å². The molecule has 3 aromatic rings. The first-order valence-electron chi connectivity index (χ1n) is 8.09. The highest BCUT2D eigenvalue weighted by atomic mass is 32.1. The van der Waals surface area contributed by atoms with Gasteiger partial charge in [-0.25, -0.2) is 14.8 Å². The van der Waals surface area contributed by atoms with E-state index >= 15 is 0 Å². The van der Waals surface area contributed by atoms with Gasteiger partial charge in [-0.05, 0) is 19.9 Å². The number of hydrogen-bond donors (Lipinski definition) is 0. The van der Waals surface area contributed by atoms with Crippen LogP contribution >= 0.6 is 22.7 Å². The molecule has 0 atom stereocenters. The summed E-state index contributed by atoms with van der Waals surface area (Å²) >= 11 is 3.26. The maximum atomic E-state index is 11.5. The van der Waals surface area contributed by atoms with E-state index in [0.29, 0.717) is 19.7 Å². The fraction of sp³-hybridized carbons (Fsp3) is 0.353. The van der Waals surface area contributed by atoms with Crippen molar-refractivity contribution in [3.63, 3.8) is 0 Å². The number of aryl methyl sites for hydroxylation is 1. The molecular formula is C17H18N4O2S2. The number of hydrogen-bond acceptors (Lipinski definition) is 6. The molecule has 0 aliphatic carbocycles. The third-order valence-electron chi connectivity index (χ3n) is 4.31. The summed E-state index contributed by atoms with van der Waals surface area (Å²) in [5, 5.41) is 6.09. The van der Waals surface area contributed by atoms with Gasteiger partial charge in [0.25, 0.3) is 0 Å². The highest BCUT2D eigenvalue weighted by Crippen LogP contribution is 2.31. The Morgan fingerprint density at radius 3 is 2.92 bits per heavy atom. The largest absolute Gasteiger partial charge is 0.448 e. The third-order valence-corrected chi connectivity index (χ3v) is 5.98. The van der Waals surface area contributed by atoms with Crippen molar-refractivity contribution in [2.75, 3.05) is 19.7 Å². The second-order valence-electron chi connectivity index (χ2n) is 5.91. The molecule has 1 aliphatic heterocycles. The quantitative estimate of drug-likeness (QED) is 0.684. The second kappa shape index (κ2) is 6.61. The van der Waals surface area contributed by atoms with Gasteiger partial charge in [0.05, 0.1) is 17.2 Å². The molecule has 1 saturated heterocycles. The summed E-state index contributed by atoms with van der Waals surface area (Å²) in [7, 11) is 0. The maximum absolute atomic E-state index is 11.5. The van der Waals surface area contributed by atoms with Gasteiger partial charge in [0.2, 0.25) is 0 Å². The summed E-state index contributed by atoms with van der Waals surface area (Å²) in [5.74, 6) is 0. The van der Waals surface area contributed by atoms with Crippen LogP contribution in [-0.4, -0.2) is 45.2 Å². The molecule has 0 spiro atoms. The van der Waals surface area contributed by atoms with E-state index < -0.39 is 0 Å². The van der Waals surface area contributed by atoms with Gasteiger partial charge < -0.3 is 9.64 Å². The van der Waals surface area contributed by atoms with Crippen LogP contribution in [0.2, 0.25) is 0 Å². The van der Waals surface area contributed by atoms with Crippen LogP contribution in [-0.2, 0) is 11.2 Å². The van der Waals surface area contributed by atoms with E-state index in [1.165, 1.54) is 0 Å². The first kappa shape index (κ1) is 16.3. The Balaban J connectivity index is 1.54. The third kappa shape index (κ3) is 3.07. The summed E-state index contributed by atoms with van der Waals surface area (Å²) in [6.07, 6.45) is 2.36. The number of ether oxygens (including phenoxy) is 1. The van der Waals surface area contributed by atoms with E-state index in [9.17, 15) is 4.79 Å². The van der Waals surface area contributed by atoms with E-state index in [4.69, 9.17) is 9.72 Å². The van der Waals surface area contributed by atoms with Crippen molar-refractivity contribution in [2.24, 2.45) is 0 Å². The molecule has 0 N–H and O–H groups in total. The summed E-state index contributed by atoms with van der Waals surface area (Å²) in [4.78, 5) is 22.4. The van der Waals surface area contributed by atoms with Crippen molar-refractivity contribution < 1.29 is 9.53 Å². The summed E-state index contributed by atoms with van der Waals surface area (Å²) in [6, 6.07) is 2.16. The number of rotatable bonds is 5. The summed E-state index contributed by atoms with van der Waals surface area (Å²) in [5.41, 5.74) is 4.42. The van der Waals surface area contributed by atoms with E-state index in [1.54, 1.807) is 27.6 Å². The predicted molar refractivity (Wildman–Crippen MR) is 98.6 cm³/mol. The molecule has 0 saturated carbocycles. The van der Waals surface area contributed by atoms with Crippen molar-refractivity contribution in [1.29, 1.82) is 0 Å². The lowest BCUT2D eigenvalue weighted by atomic mass is 10.2. The van der Waals surface area contributed by atoms with Crippen LogP contribution in [0.25, 0.3) is 16.4 Å². The Hall–Kier alpha value is -2.19. The van der Waals surface area contributed by atoms with Crippen molar-refractivity contribution >= 4 is 28.8 Å². The zero-order valence-electron chi connectivity index (χ0n) is 14.1. The van der Waals surface area contributed by atoms with Gasteiger partial charge in [-0.15, -0.1) is 22.7 Å². The van der Waals surface area contributed by atoms with Crippen LogP contribution in [0.5, 0.6) is 0 Å². The molecule has 0 unspecified atom stereocenters. The highest BCUT2D eigenvalue weighted by molar-refractivity contribution is 7.12. The SMILES string of the molecule is Cc1cc(-c2csc(CCN3CCOC3=O)n2)c(C)n1-c1nccs1. The van der Waals surface area contributed by atoms with Crippen LogP contribution in [0, 0.1) is 13.8 Å². The maximum Gasteiger partial charge on any atom is 0.409 e. The van der Waals surface area contributed by atoms with Gasteiger partial charge in [0, 0.05) is 46.9 Å². The number of thiazole rings is 2. The molecule has 0 radical (unpaired) electrons. The summed E-state index contributed by atoms with van der Waals surface area (Å²) in [6.45, 7) is 6.01. The standard InChI is InChI=1S/C17H18N4O2S2/c1-11-9-13(12(2)21(11)16-18-4-8-24-16)14-10-25-15(19-14)3-5-20-6-7-23-17(20)22/h4,8-10H,3,5-7H2,1-2H3. The Morgan fingerprint density at radius 2 is 2.20 bits per heavy atom. The van der Waals surface area contributed by atoms with Crippen LogP contribution in [0.1, 0.15) is 16.4 Å². The van der Waals surface area contributed by atoms with Crippen LogP contribution < -0.4 is 0 Å². The fourth-order valence-electron chi connectivity index (χ4n) is 3.05. The molecule has 25 heavy (non-hydrogen) atoms. The van der Waals surface area contributed by atoms with Crippen molar-refractivity contribution in [3.8, 4) is 16.4 Å². The molecule has 1 aliphatic rings. The van der Waals surface area contributed by atoms with Gasteiger partial charge in [-0.1, -0.05) is 0 Å². The number of nitrogens with zero attached hydrogens (tertiary/aromatic N) is 4. The first-order chi connectivity index (χ1) is 12.1. The molecule has 1 amide bonds. The molecule has 8 heteroatoms. The van der Waals surface area contributed by atoms with Gasteiger partial charge in [-0.2, -0.15) is 0 Å². The lowest BCUT2D eigenvalue weighted by Crippen LogP contribution is -2.26. The lowest BCUT2D eigenvalue weighted by molar-refractivity contribution is 0.159. The number of carbonyl (C=O) groups is 1. The topological polar surface area (TPSA) is 60.2 Å². The lowest BCUT2D eigenvalue weighted by Gasteiger charge is -2.10. The predicted octanol–water partition coefficient (Wildman–Crippen LogP) is 3.67. The average molecular weight is 374 g/mol. The Labute approximate surface area is 153 Å².